The number of rotatable bonds is 13. The predicted molar refractivity (Wildman–Crippen MR) is 171 cm³/mol. The summed E-state index contributed by atoms with van der Waals surface area (Å²) in [5, 5.41) is 2.69. The minimum atomic E-state index is -4.18. The van der Waals surface area contributed by atoms with Gasteiger partial charge in [0.15, 0.2) is 0 Å². The van der Waals surface area contributed by atoms with Gasteiger partial charge in [-0.05, 0) is 66.6 Å². The van der Waals surface area contributed by atoms with Gasteiger partial charge in [0.2, 0.25) is 11.8 Å². The molecule has 0 spiro atoms. The van der Waals surface area contributed by atoms with Crippen molar-refractivity contribution in [1.29, 1.82) is 0 Å². The molecule has 0 fully saturated rings. The second kappa shape index (κ2) is 14.8. The lowest BCUT2D eigenvalue weighted by Gasteiger charge is -2.33. The van der Waals surface area contributed by atoms with Crippen LogP contribution in [-0.2, 0) is 32.6 Å². The molecule has 224 valence electrons. The Balaban J connectivity index is 1.75. The maximum Gasteiger partial charge on any atom is 0.264 e. The van der Waals surface area contributed by atoms with Crippen LogP contribution >= 0.6 is 15.9 Å². The Hall–Kier alpha value is -4.15. The molecule has 2 amide bonds. The van der Waals surface area contributed by atoms with Crippen LogP contribution in [0.15, 0.2) is 119 Å². The molecule has 0 unspecified atom stereocenters. The number of benzene rings is 4. The molecule has 43 heavy (non-hydrogen) atoms. The van der Waals surface area contributed by atoms with Crippen molar-refractivity contribution < 1.29 is 22.7 Å². The summed E-state index contributed by atoms with van der Waals surface area (Å²) < 4.78 is 35.5. The Kier molecular flexibility index (Phi) is 11.0. The molecule has 0 saturated heterocycles. The van der Waals surface area contributed by atoms with Gasteiger partial charge in [-0.25, -0.2) is 8.42 Å². The molecular formula is C33H34BrN3O5S. The highest BCUT2D eigenvalue weighted by molar-refractivity contribution is 9.10. The van der Waals surface area contributed by atoms with Crippen LogP contribution in [0.5, 0.6) is 5.75 Å². The number of ether oxygens (including phenoxy) is 1. The summed E-state index contributed by atoms with van der Waals surface area (Å²) in [6, 6.07) is 30.5. The maximum absolute atomic E-state index is 14.3. The normalized spacial score (nSPS) is 11.8. The van der Waals surface area contributed by atoms with E-state index >= 15 is 0 Å². The monoisotopic (exact) mass is 663 g/mol. The molecule has 0 bridgehead atoms. The number of nitrogens with one attached hydrogen (secondary N) is 1. The van der Waals surface area contributed by atoms with E-state index in [0.717, 1.165) is 19.9 Å². The van der Waals surface area contributed by atoms with Gasteiger partial charge in [-0.15, -0.1) is 0 Å². The highest BCUT2D eigenvalue weighted by atomic mass is 79.9. The number of sulfonamides is 1. The molecule has 0 heterocycles. The first-order chi connectivity index (χ1) is 20.7. The number of para-hydroxylation sites is 1. The molecular weight excluding hydrogens is 630 g/mol. The molecule has 1 atom stereocenters. The van der Waals surface area contributed by atoms with E-state index in [4.69, 9.17) is 4.74 Å². The Morgan fingerprint density at radius 2 is 1.44 bits per heavy atom. The second-order valence-electron chi connectivity index (χ2n) is 9.72. The van der Waals surface area contributed by atoms with E-state index in [0.29, 0.717) is 18.0 Å². The van der Waals surface area contributed by atoms with Crippen LogP contribution in [0.2, 0.25) is 0 Å². The smallest absolute Gasteiger partial charge is 0.264 e. The Morgan fingerprint density at radius 1 is 0.837 bits per heavy atom. The molecule has 0 saturated carbocycles. The second-order valence-corrected chi connectivity index (χ2v) is 12.5. The molecule has 0 aromatic heterocycles. The Bertz CT molecular complexity index is 1600. The van der Waals surface area contributed by atoms with E-state index in [-0.39, 0.29) is 23.8 Å². The third-order valence-electron chi connectivity index (χ3n) is 6.83. The minimum absolute atomic E-state index is 0.0132. The first kappa shape index (κ1) is 31.8. The summed E-state index contributed by atoms with van der Waals surface area (Å²) >= 11 is 3.44. The molecule has 0 aliphatic heterocycles. The lowest BCUT2D eigenvalue weighted by molar-refractivity contribution is -0.139. The summed E-state index contributed by atoms with van der Waals surface area (Å²) in [6.45, 7) is 1.87. The van der Waals surface area contributed by atoms with Crippen LogP contribution in [0.25, 0.3) is 0 Å². The van der Waals surface area contributed by atoms with E-state index in [1.165, 1.54) is 24.1 Å². The van der Waals surface area contributed by atoms with Crippen LogP contribution in [0.3, 0.4) is 0 Å². The lowest BCUT2D eigenvalue weighted by Crippen LogP contribution is -2.53. The van der Waals surface area contributed by atoms with Gasteiger partial charge in [0.1, 0.15) is 18.3 Å². The molecule has 0 aliphatic rings. The van der Waals surface area contributed by atoms with Gasteiger partial charge < -0.3 is 15.0 Å². The number of nitrogens with zero attached hydrogens (tertiary/aromatic N) is 2. The summed E-state index contributed by atoms with van der Waals surface area (Å²) in [5.41, 5.74) is 1.98. The standard InChI is InChI=1S/C33H34BrN3O5S/c1-3-42-29-18-20-30(21-19-29)43(40,41)37(28-12-8-5-9-13-28)24-32(38)36(23-26-14-16-27(34)17-15-26)31(33(39)35-2)22-25-10-6-4-7-11-25/h4-21,31H,3,22-24H2,1-2H3,(H,35,39)/t31-/m1/s1. The number of likely N-dealkylation sites (N-methyl/N-ethyl adjacent to an activating group) is 1. The third-order valence-corrected chi connectivity index (χ3v) is 9.15. The molecule has 4 rings (SSSR count). The van der Waals surface area contributed by atoms with Crippen molar-refractivity contribution in [2.45, 2.75) is 30.8 Å². The average molecular weight is 665 g/mol. The summed E-state index contributed by atoms with van der Waals surface area (Å²) in [4.78, 5) is 29.1. The number of halogens is 1. The SMILES string of the molecule is CCOc1ccc(S(=O)(=O)N(CC(=O)N(Cc2ccc(Br)cc2)[C@H](Cc2ccccc2)C(=O)NC)c2ccccc2)cc1. The van der Waals surface area contributed by atoms with Gasteiger partial charge in [-0.1, -0.05) is 76.6 Å². The van der Waals surface area contributed by atoms with E-state index in [9.17, 15) is 18.0 Å². The number of amides is 2. The van der Waals surface area contributed by atoms with Crippen molar-refractivity contribution in [3.05, 3.63) is 125 Å². The fourth-order valence-electron chi connectivity index (χ4n) is 4.63. The quantitative estimate of drug-likeness (QED) is 0.206. The highest BCUT2D eigenvalue weighted by Crippen LogP contribution is 2.26. The van der Waals surface area contributed by atoms with Crippen molar-refractivity contribution in [2.24, 2.45) is 0 Å². The van der Waals surface area contributed by atoms with Gasteiger partial charge in [-0.2, -0.15) is 0 Å². The van der Waals surface area contributed by atoms with E-state index in [1.54, 1.807) is 42.5 Å². The van der Waals surface area contributed by atoms with E-state index in [2.05, 4.69) is 21.2 Å². The van der Waals surface area contributed by atoms with Crippen molar-refractivity contribution in [1.82, 2.24) is 10.2 Å². The van der Waals surface area contributed by atoms with E-state index < -0.39 is 28.5 Å². The molecule has 1 N–H and O–H groups in total. The predicted octanol–water partition coefficient (Wildman–Crippen LogP) is 5.43. The Morgan fingerprint density at radius 3 is 2.02 bits per heavy atom. The maximum atomic E-state index is 14.3. The van der Waals surface area contributed by atoms with Crippen molar-refractivity contribution >= 4 is 43.5 Å². The molecule has 10 heteroatoms. The van der Waals surface area contributed by atoms with Crippen molar-refractivity contribution in [3.63, 3.8) is 0 Å². The largest absolute Gasteiger partial charge is 0.494 e. The molecule has 0 aliphatic carbocycles. The molecule has 4 aromatic carbocycles. The van der Waals surface area contributed by atoms with Crippen LogP contribution < -0.4 is 14.4 Å². The zero-order chi connectivity index (χ0) is 30.8. The first-order valence-corrected chi connectivity index (χ1v) is 16.1. The van der Waals surface area contributed by atoms with Crippen LogP contribution in [0.1, 0.15) is 18.1 Å². The number of hydrogen-bond acceptors (Lipinski definition) is 5. The number of hydrogen-bond donors (Lipinski definition) is 1. The van der Waals surface area contributed by atoms with Crippen LogP contribution in [0.4, 0.5) is 5.69 Å². The Labute approximate surface area is 261 Å². The molecule has 4 aromatic rings. The van der Waals surface area contributed by atoms with Gasteiger partial charge in [-0.3, -0.25) is 13.9 Å². The number of anilines is 1. The number of carbonyl (C=O) groups excluding carboxylic acids is 2. The van der Waals surface area contributed by atoms with Gasteiger partial charge in [0.25, 0.3) is 10.0 Å². The third kappa shape index (κ3) is 8.24. The van der Waals surface area contributed by atoms with Gasteiger partial charge >= 0.3 is 0 Å². The average Bonchev–Trinajstić information content (AvgIpc) is 3.03. The molecule has 8 nitrogen and oxygen atoms in total. The zero-order valence-corrected chi connectivity index (χ0v) is 26.4. The summed E-state index contributed by atoms with van der Waals surface area (Å²) in [5.74, 6) is -0.334. The van der Waals surface area contributed by atoms with Crippen LogP contribution in [-0.4, -0.2) is 51.4 Å². The summed E-state index contributed by atoms with van der Waals surface area (Å²) in [6.07, 6.45) is 0.250. The fourth-order valence-corrected chi connectivity index (χ4v) is 6.31. The van der Waals surface area contributed by atoms with Gasteiger partial charge in [0, 0.05) is 24.5 Å². The van der Waals surface area contributed by atoms with Crippen LogP contribution in [0, 0.1) is 0 Å². The lowest BCUT2D eigenvalue weighted by atomic mass is 10.0. The highest BCUT2D eigenvalue weighted by Gasteiger charge is 2.34. The fraction of sp³-hybridized carbons (Fsp3) is 0.212. The van der Waals surface area contributed by atoms with Crippen molar-refractivity contribution in [3.8, 4) is 5.75 Å². The minimum Gasteiger partial charge on any atom is -0.494 e. The zero-order valence-electron chi connectivity index (χ0n) is 24.0. The van der Waals surface area contributed by atoms with Gasteiger partial charge in [0.05, 0.1) is 17.2 Å². The first-order valence-electron chi connectivity index (χ1n) is 13.8. The topological polar surface area (TPSA) is 96.0 Å². The van der Waals surface area contributed by atoms with E-state index in [1.807, 2.05) is 61.5 Å². The number of carbonyl (C=O) groups is 2. The summed E-state index contributed by atoms with van der Waals surface area (Å²) in [7, 11) is -2.66. The molecule has 0 radical (unpaired) electrons. The van der Waals surface area contributed by atoms with Crippen molar-refractivity contribution in [2.75, 3.05) is 24.5 Å².